The molecular formula is C27H25F2N5O3. The van der Waals surface area contributed by atoms with Gasteiger partial charge in [0.25, 0.3) is 17.7 Å². The van der Waals surface area contributed by atoms with Crippen molar-refractivity contribution in [2.45, 2.75) is 44.7 Å². The number of hydrogen-bond donors (Lipinski definition) is 1. The SMILES string of the molecule is COc1ccc(C(=O)Nc2cnn3c2C(=O)N(c2ccc(C(F)(F)C4CCC4)cc2)C(C)C3)cc1C#N. The second-order valence-electron chi connectivity index (χ2n) is 9.39. The molecule has 5 rings (SSSR count). The van der Waals surface area contributed by atoms with E-state index >= 15 is 0 Å². The summed E-state index contributed by atoms with van der Waals surface area (Å²) in [5, 5.41) is 16.3. The smallest absolute Gasteiger partial charge is 0.279 e. The van der Waals surface area contributed by atoms with Crippen LogP contribution in [0.5, 0.6) is 5.75 Å². The third-order valence-electron chi connectivity index (χ3n) is 7.12. The van der Waals surface area contributed by atoms with Crippen LogP contribution in [0.15, 0.2) is 48.7 Å². The maximum Gasteiger partial charge on any atom is 0.279 e. The highest BCUT2D eigenvalue weighted by Crippen LogP contribution is 2.46. The third kappa shape index (κ3) is 4.20. The number of nitrogens with zero attached hydrogens (tertiary/aromatic N) is 4. The number of nitriles is 1. The summed E-state index contributed by atoms with van der Waals surface area (Å²) in [5.74, 6) is -4.10. The minimum Gasteiger partial charge on any atom is -0.495 e. The zero-order valence-corrected chi connectivity index (χ0v) is 20.4. The number of anilines is 2. The maximum absolute atomic E-state index is 14.7. The predicted octanol–water partition coefficient (Wildman–Crippen LogP) is 4.96. The summed E-state index contributed by atoms with van der Waals surface area (Å²) >= 11 is 0. The zero-order chi connectivity index (χ0) is 26.3. The number of alkyl halides is 2. The van der Waals surface area contributed by atoms with Gasteiger partial charge in [-0.25, -0.2) is 8.78 Å². The lowest BCUT2D eigenvalue weighted by atomic mass is 9.78. The normalized spacial score (nSPS) is 17.5. The highest BCUT2D eigenvalue weighted by molar-refractivity contribution is 6.13. The van der Waals surface area contributed by atoms with Crippen LogP contribution in [-0.4, -0.2) is 34.7 Å². The van der Waals surface area contributed by atoms with Crippen LogP contribution in [-0.2, 0) is 12.5 Å². The van der Waals surface area contributed by atoms with Gasteiger partial charge in [-0.1, -0.05) is 18.6 Å². The van der Waals surface area contributed by atoms with Gasteiger partial charge in [-0.05, 0) is 50.1 Å². The van der Waals surface area contributed by atoms with E-state index in [1.165, 1.54) is 53.2 Å². The number of benzene rings is 2. The molecule has 0 spiro atoms. The Morgan fingerprint density at radius 1 is 1.22 bits per heavy atom. The fourth-order valence-electron chi connectivity index (χ4n) is 4.84. The van der Waals surface area contributed by atoms with Gasteiger partial charge < -0.3 is 15.0 Å². The quantitative estimate of drug-likeness (QED) is 0.511. The molecule has 190 valence electrons. The van der Waals surface area contributed by atoms with Gasteiger partial charge in [0, 0.05) is 22.7 Å². The molecule has 1 aromatic heterocycles. The van der Waals surface area contributed by atoms with Gasteiger partial charge in [-0.3, -0.25) is 14.3 Å². The van der Waals surface area contributed by atoms with Gasteiger partial charge in [-0.2, -0.15) is 10.4 Å². The number of carbonyl (C=O) groups excluding carboxylic acids is 2. The summed E-state index contributed by atoms with van der Waals surface area (Å²) in [6.45, 7) is 2.20. The van der Waals surface area contributed by atoms with Crippen molar-refractivity contribution in [3.8, 4) is 11.8 Å². The van der Waals surface area contributed by atoms with E-state index in [2.05, 4.69) is 10.4 Å². The molecule has 2 aliphatic rings. The minimum absolute atomic E-state index is 0.0488. The topological polar surface area (TPSA) is 100 Å². The second kappa shape index (κ2) is 9.32. The van der Waals surface area contributed by atoms with E-state index in [1.807, 2.05) is 13.0 Å². The summed E-state index contributed by atoms with van der Waals surface area (Å²) in [6, 6.07) is 12.0. The van der Waals surface area contributed by atoms with Crippen molar-refractivity contribution < 1.29 is 23.1 Å². The largest absolute Gasteiger partial charge is 0.495 e. The second-order valence-corrected chi connectivity index (χ2v) is 9.39. The first-order valence-electron chi connectivity index (χ1n) is 12.0. The Balaban J connectivity index is 1.39. The number of aromatic nitrogens is 2. The van der Waals surface area contributed by atoms with E-state index in [1.54, 1.807) is 12.1 Å². The summed E-state index contributed by atoms with van der Waals surface area (Å²) in [6.07, 6.45) is 3.26. The van der Waals surface area contributed by atoms with Crippen LogP contribution in [0, 0.1) is 17.2 Å². The van der Waals surface area contributed by atoms with Crippen LogP contribution in [0.3, 0.4) is 0 Å². The number of halogens is 2. The number of carbonyl (C=O) groups is 2. The van der Waals surface area contributed by atoms with E-state index < -0.39 is 23.7 Å². The Labute approximate surface area is 212 Å². The molecule has 37 heavy (non-hydrogen) atoms. The lowest BCUT2D eigenvalue weighted by molar-refractivity contribution is -0.0942. The zero-order valence-electron chi connectivity index (χ0n) is 20.4. The Bertz CT molecular complexity index is 1410. The average molecular weight is 506 g/mol. The Kier molecular flexibility index (Phi) is 6.15. The van der Waals surface area contributed by atoms with Crippen molar-refractivity contribution in [2.24, 2.45) is 5.92 Å². The fraction of sp³-hybridized carbons (Fsp3) is 0.333. The van der Waals surface area contributed by atoms with Crippen molar-refractivity contribution in [3.05, 3.63) is 71.0 Å². The molecule has 1 unspecified atom stereocenters. The predicted molar refractivity (Wildman–Crippen MR) is 132 cm³/mol. The number of nitrogens with one attached hydrogen (secondary N) is 1. The molecule has 3 aromatic rings. The van der Waals surface area contributed by atoms with E-state index in [9.17, 15) is 23.6 Å². The van der Waals surface area contributed by atoms with E-state index in [4.69, 9.17) is 4.74 Å². The number of fused-ring (bicyclic) bond motifs is 1. The number of amides is 2. The van der Waals surface area contributed by atoms with Crippen LogP contribution in [0.4, 0.5) is 20.2 Å². The molecular weight excluding hydrogens is 480 g/mol. The van der Waals surface area contributed by atoms with Crippen LogP contribution in [0.1, 0.15) is 58.2 Å². The van der Waals surface area contributed by atoms with Crippen molar-refractivity contribution in [1.82, 2.24) is 9.78 Å². The number of ether oxygens (including phenoxy) is 1. The van der Waals surface area contributed by atoms with Crippen molar-refractivity contribution >= 4 is 23.2 Å². The van der Waals surface area contributed by atoms with Gasteiger partial charge in [0.15, 0.2) is 0 Å². The molecule has 8 nitrogen and oxygen atoms in total. The first-order chi connectivity index (χ1) is 17.7. The molecule has 1 aliphatic heterocycles. The molecule has 1 aliphatic carbocycles. The van der Waals surface area contributed by atoms with Crippen LogP contribution < -0.4 is 15.0 Å². The Morgan fingerprint density at radius 2 is 1.95 bits per heavy atom. The van der Waals surface area contributed by atoms with Crippen LogP contribution >= 0.6 is 0 Å². The minimum atomic E-state index is -2.89. The van der Waals surface area contributed by atoms with Crippen molar-refractivity contribution in [3.63, 3.8) is 0 Å². The summed E-state index contributed by atoms with van der Waals surface area (Å²) in [7, 11) is 1.43. The van der Waals surface area contributed by atoms with Crippen molar-refractivity contribution in [1.29, 1.82) is 5.26 Å². The standard InChI is InChI=1S/C27H25F2N5O3/c1-16-15-33-24(22(14-31-33)32-25(35)17-6-11-23(37-2)18(12-17)13-30)26(36)34(16)21-9-7-20(8-10-21)27(28,29)19-4-3-5-19/h6-12,14,16,19H,3-5,15H2,1-2H3,(H,32,35). The number of hydrogen-bond acceptors (Lipinski definition) is 5. The Hall–Kier alpha value is -4.26. The molecule has 0 bridgehead atoms. The number of methoxy groups -OCH3 is 1. The first-order valence-corrected chi connectivity index (χ1v) is 12.0. The molecule has 1 fully saturated rings. The summed E-state index contributed by atoms with van der Waals surface area (Å²) in [5.41, 5.74) is 1.26. The summed E-state index contributed by atoms with van der Waals surface area (Å²) in [4.78, 5) is 28.0. The van der Waals surface area contributed by atoms with Gasteiger partial charge in [0.1, 0.15) is 17.5 Å². The lowest BCUT2D eigenvalue weighted by Gasteiger charge is -2.35. The third-order valence-corrected chi connectivity index (χ3v) is 7.12. The van der Waals surface area contributed by atoms with Gasteiger partial charge in [-0.15, -0.1) is 0 Å². The highest BCUT2D eigenvalue weighted by Gasteiger charge is 2.44. The van der Waals surface area contributed by atoms with Crippen molar-refractivity contribution in [2.75, 3.05) is 17.3 Å². The molecule has 10 heteroatoms. The molecule has 1 N–H and O–H groups in total. The van der Waals surface area contributed by atoms with Gasteiger partial charge in [0.05, 0.1) is 37.1 Å². The summed E-state index contributed by atoms with van der Waals surface area (Å²) < 4.78 is 36.1. The molecule has 0 radical (unpaired) electrons. The van der Waals surface area contributed by atoms with Crippen LogP contribution in [0.2, 0.25) is 0 Å². The Morgan fingerprint density at radius 3 is 2.57 bits per heavy atom. The molecule has 2 aromatic carbocycles. The van der Waals surface area contributed by atoms with E-state index in [0.29, 0.717) is 30.8 Å². The molecule has 1 atom stereocenters. The monoisotopic (exact) mass is 505 g/mol. The highest BCUT2D eigenvalue weighted by atomic mass is 19.3. The molecule has 2 amide bonds. The van der Waals surface area contributed by atoms with E-state index in [-0.39, 0.29) is 34.1 Å². The maximum atomic E-state index is 14.7. The molecule has 0 saturated heterocycles. The van der Waals surface area contributed by atoms with Gasteiger partial charge >= 0.3 is 0 Å². The van der Waals surface area contributed by atoms with Crippen LogP contribution in [0.25, 0.3) is 0 Å². The average Bonchev–Trinajstić information content (AvgIpc) is 3.24. The number of rotatable bonds is 6. The first kappa shape index (κ1) is 24.4. The fourth-order valence-corrected chi connectivity index (χ4v) is 4.84. The van der Waals surface area contributed by atoms with Gasteiger partial charge in [0.2, 0.25) is 0 Å². The molecule has 2 heterocycles. The molecule has 1 saturated carbocycles. The van der Waals surface area contributed by atoms with E-state index in [0.717, 1.165) is 6.42 Å². The lowest BCUT2D eigenvalue weighted by Crippen LogP contribution is -2.47.